The van der Waals surface area contributed by atoms with E-state index in [0.717, 1.165) is 10.4 Å². The highest BCUT2D eigenvalue weighted by molar-refractivity contribution is 7.14. The van der Waals surface area contributed by atoms with Gasteiger partial charge in [-0.05, 0) is 29.7 Å². The van der Waals surface area contributed by atoms with Gasteiger partial charge in [-0.3, -0.25) is 0 Å². The van der Waals surface area contributed by atoms with Gasteiger partial charge in [0.2, 0.25) is 0 Å². The zero-order chi connectivity index (χ0) is 15.4. The van der Waals surface area contributed by atoms with Gasteiger partial charge in [-0.25, -0.2) is 9.78 Å². The molecule has 21 heavy (non-hydrogen) atoms. The Balaban J connectivity index is 2.19. The number of rotatable bonds is 5. The topological polar surface area (TPSA) is 83.2 Å². The van der Waals surface area contributed by atoms with Crippen molar-refractivity contribution >= 4 is 17.3 Å². The van der Waals surface area contributed by atoms with Gasteiger partial charge < -0.3 is 9.84 Å². The van der Waals surface area contributed by atoms with Crippen LogP contribution < -0.4 is 4.74 Å². The lowest BCUT2D eigenvalue weighted by molar-refractivity contribution is 0.0697. The molecule has 0 amide bonds. The molecule has 0 bridgehead atoms. The molecule has 2 rings (SSSR count). The van der Waals surface area contributed by atoms with Crippen molar-refractivity contribution in [1.29, 1.82) is 5.26 Å². The summed E-state index contributed by atoms with van der Waals surface area (Å²) >= 11 is 1.23. The summed E-state index contributed by atoms with van der Waals surface area (Å²) < 4.78 is 5.61. The molecule has 0 unspecified atom stereocenters. The third kappa shape index (κ3) is 3.58. The summed E-state index contributed by atoms with van der Waals surface area (Å²) in [7, 11) is 0. The average molecular weight is 302 g/mol. The van der Waals surface area contributed by atoms with Crippen LogP contribution in [-0.4, -0.2) is 16.1 Å². The summed E-state index contributed by atoms with van der Waals surface area (Å²) in [5.74, 6) is -0.377. The second-order valence-corrected chi connectivity index (χ2v) is 5.84. The van der Waals surface area contributed by atoms with Crippen LogP contribution in [0, 0.1) is 11.3 Å². The molecule has 2 aromatic rings. The van der Waals surface area contributed by atoms with E-state index < -0.39 is 5.97 Å². The summed E-state index contributed by atoms with van der Waals surface area (Å²) in [4.78, 5) is 16.3. The predicted molar refractivity (Wildman–Crippen MR) is 78.7 cm³/mol. The zero-order valence-corrected chi connectivity index (χ0v) is 12.5. The number of thiophene rings is 1. The second-order valence-electron chi connectivity index (χ2n) is 4.75. The van der Waals surface area contributed by atoms with E-state index in [-0.39, 0.29) is 17.4 Å². The number of ether oxygens (including phenoxy) is 1. The number of carboxylic acid groups (broad SMARTS) is 1. The van der Waals surface area contributed by atoms with Crippen molar-refractivity contribution in [2.45, 2.75) is 26.4 Å². The lowest BCUT2D eigenvalue weighted by atomic mass is 10.2. The number of nitriles is 1. The molecule has 0 aliphatic carbocycles. The maximum absolute atomic E-state index is 11.2. The standard InChI is InChI=1S/C15H14N2O3S/c1-9(2)13-6-12(14(21-13)15(18)19)20-8-10-3-4-17-11(5-10)7-16/h3-6,9H,8H2,1-2H3,(H,18,19). The van der Waals surface area contributed by atoms with Crippen molar-refractivity contribution < 1.29 is 14.6 Å². The molecule has 0 atom stereocenters. The maximum Gasteiger partial charge on any atom is 0.349 e. The van der Waals surface area contributed by atoms with Crippen molar-refractivity contribution in [3.8, 4) is 11.8 Å². The fourth-order valence-corrected chi connectivity index (χ4v) is 2.66. The molecule has 0 aliphatic rings. The third-order valence-electron chi connectivity index (χ3n) is 2.81. The van der Waals surface area contributed by atoms with Crippen molar-refractivity contribution in [1.82, 2.24) is 4.98 Å². The molecule has 108 valence electrons. The van der Waals surface area contributed by atoms with Gasteiger partial charge in [0.1, 0.15) is 24.1 Å². The van der Waals surface area contributed by atoms with E-state index in [9.17, 15) is 9.90 Å². The third-order valence-corrected chi connectivity index (χ3v) is 4.22. The summed E-state index contributed by atoms with van der Waals surface area (Å²) in [5.41, 5.74) is 1.08. The highest BCUT2D eigenvalue weighted by Gasteiger charge is 2.18. The SMILES string of the molecule is CC(C)c1cc(OCc2ccnc(C#N)c2)c(C(=O)O)s1. The van der Waals surface area contributed by atoms with Gasteiger partial charge in [0.15, 0.2) is 4.88 Å². The Hall–Kier alpha value is -2.39. The molecular formula is C15H14N2O3S. The molecule has 0 radical (unpaired) electrons. The van der Waals surface area contributed by atoms with Gasteiger partial charge in [-0.2, -0.15) is 5.26 Å². The molecule has 0 saturated heterocycles. The first-order chi connectivity index (χ1) is 10.0. The van der Waals surface area contributed by atoms with Crippen molar-refractivity contribution in [3.05, 3.63) is 45.4 Å². The van der Waals surface area contributed by atoms with Gasteiger partial charge in [-0.15, -0.1) is 11.3 Å². The first-order valence-electron chi connectivity index (χ1n) is 6.36. The lowest BCUT2D eigenvalue weighted by Crippen LogP contribution is -2.00. The van der Waals surface area contributed by atoms with Gasteiger partial charge in [0, 0.05) is 11.1 Å². The Morgan fingerprint density at radius 1 is 1.52 bits per heavy atom. The largest absolute Gasteiger partial charge is 0.487 e. The molecule has 6 heteroatoms. The molecule has 2 heterocycles. The van der Waals surface area contributed by atoms with Crippen LogP contribution >= 0.6 is 11.3 Å². The number of carbonyl (C=O) groups is 1. The quantitative estimate of drug-likeness (QED) is 0.915. The van der Waals surface area contributed by atoms with Crippen LogP contribution in [-0.2, 0) is 6.61 Å². The van der Waals surface area contributed by atoms with Gasteiger partial charge >= 0.3 is 5.97 Å². The summed E-state index contributed by atoms with van der Waals surface area (Å²) in [5, 5.41) is 18.0. The monoisotopic (exact) mass is 302 g/mol. The normalized spacial score (nSPS) is 10.4. The first kappa shape index (κ1) is 15.0. The van der Waals surface area contributed by atoms with E-state index in [1.54, 1.807) is 18.2 Å². The van der Waals surface area contributed by atoms with Crippen LogP contribution in [0.2, 0.25) is 0 Å². The molecular weight excluding hydrogens is 288 g/mol. The van der Waals surface area contributed by atoms with Crippen molar-refractivity contribution in [2.24, 2.45) is 0 Å². The van der Waals surface area contributed by atoms with Crippen LogP contribution in [0.3, 0.4) is 0 Å². The van der Waals surface area contributed by atoms with Crippen LogP contribution in [0.25, 0.3) is 0 Å². The second kappa shape index (κ2) is 6.37. The summed E-state index contributed by atoms with van der Waals surface area (Å²) in [6.45, 7) is 4.21. The Labute approximate surface area is 126 Å². The van der Waals surface area contributed by atoms with Crippen LogP contribution in [0.15, 0.2) is 24.4 Å². The van der Waals surface area contributed by atoms with Gasteiger partial charge in [0.05, 0.1) is 0 Å². The Bertz CT molecular complexity index is 701. The number of pyridine rings is 1. The molecule has 0 aliphatic heterocycles. The summed E-state index contributed by atoms with van der Waals surface area (Å²) in [6, 6.07) is 7.08. The van der Waals surface area contributed by atoms with E-state index in [1.165, 1.54) is 17.5 Å². The van der Waals surface area contributed by atoms with Crippen molar-refractivity contribution in [2.75, 3.05) is 0 Å². The molecule has 5 nitrogen and oxygen atoms in total. The fourth-order valence-electron chi connectivity index (χ4n) is 1.72. The zero-order valence-electron chi connectivity index (χ0n) is 11.7. The predicted octanol–water partition coefficient (Wildman–Crippen LogP) is 3.42. The number of hydrogen-bond acceptors (Lipinski definition) is 5. The molecule has 0 aromatic carbocycles. The average Bonchev–Trinajstić information content (AvgIpc) is 2.90. The van der Waals surface area contributed by atoms with E-state index >= 15 is 0 Å². The van der Waals surface area contributed by atoms with E-state index in [1.807, 2.05) is 19.9 Å². The van der Waals surface area contributed by atoms with Gasteiger partial charge in [0.25, 0.3) is 0 Å². The number of hydrogen-bond donors (Lipinski definition) is 1. The number of carboxylic acids is 1. The highest BCUT2D eigenvalue weighted by Crippen LogP contribution is 2.34. The Morgan fingerprint density at radius 3 is 2.90 bits per heavy atom. The smallest absolute Gasteiger partial charge is 0.349 e. The minimum Gasteiger partial charge on any atom is -0.487 e. The van der Waals surface area contributed by atoms with Crippen LogP contribution in [0.5, 0.6) is 5.75 Å². The molecule has 0 fully saturated rings. The van der Waals surface area contributed by atoms with E-state index in [0.29, 0.717) is 11.4 Å². The van der Waals surface area contributed by atoms with E-state index in [2.05, 4.69) is 4.98 Å². The Kier molecular flexibility index (Phi) is 4.55. The molecule has 1 N–H and O–H groups in total. The number of aromatic nitrogens is 1. The number of nitrogens with zero attached hydrogens (tertiary/aromatic N) is 2. The Morgan fingerprint density at radius 2 is 2.29 bits per heavy atom. The maximum atomic E-state index is 11.2. The van der Waals surface area contributed by atoms with Gasteiger partial charge in [-0.1, -0.05) is 13.8 Å². The molecule has 0 spiro atoms. The molecule has 2 aromatic heterocycles. The lowest BCUT2D eigenvalue weighted by Gasteiger charge is -2.05. The van der Waals surface area contributed by atoms with Crippen LogP contribution in [0.4, 0.5) is 0 Å². The highest BCUT2D eigenvalue weighted by atomic mass is 32.1. The van der Waals surface area contributed by atoms with E-state index in [4.69, 9.17) is 10.00 Å². The minimum absolute atomic E-state index is 0.200. The first-order valence-corrected chi connectivity index (χ1v) is 7.17. The van der Waals surface area contributed by atoms with Crippen molar-refractivity contribution in [3.63, 3.8) is 0 Å². The summed E-state index contributed by atoms with van der Waals surface area (Å²) in [6.07, 6.45) is 1.53. The fraction of sp³-hybridized carbons (Fsp3) is 0.267. The van der Waals surface area contributed by atoms with Crippen LogP contribution in [0.1, 0.15) is 45.6 Å². The molecule has 0 saturated carbocycles. The number of aromatic carboxylic acids is 1. The minimum atomic E-state index is -0.991.